The van der Waals surface area contributed by atoms with Crippen molar-refractivity contribution in [2.75, 3.05) is 0 Å². The lowest BCUT2D eigenvalue weighted by atomic mass is 9.62. The molecule has 0 spiro atoms. The van der Waals surface area contributed by atoms with Gasteiger partial charge in [0.1, 0.15) is 17.3 Å². The van der Waals surface area contributed by atoms with Crippen LogP contribution in [-0.4, -0.2) is 33.5 Å². The van der Waals surface area contributed by atoms with E-state index in [9.17, 15) is 29.4 Å². The number of carboxylic acids is 1. The Morgan fingerprint density at radius 3 is 1.87 bits per heavy atom. The lowest BCUT2D eigenvalue weighted by molar-refractivity contribution is -0.140. The quantitative estimate of drug-likeness (QED) is 0.716. The van der Waals surface area contributed by atoms with Crippen molar-refractivity contribution in [3.63, 3.8) is 0 Å². The van der Waals surface area contributed by atoms with E-state index in [0.717, 1.165) is 0 Å². The van der Waals surface area contributed by atoms with Crippen LogP contribution in [0.15, 0.2) is 35.6 Å². The molecule has 1 fully saturated rings. The van der Waals surface area contributed by atoms with E-state index in [0.29, 0.717) is 5.56 Å². The molecule has 0 bridgehead atoms. The van der Waals surface area contributed by atoms with Crippen molar-refractivity contribution < 1.29 is 29.4 Å². The highest BCUT2D eigenvalue weighted by Crippen LogP contribution is 2.47. The van der Waals surface area contributed by atoms with E-state index < -0.39 is 28.6 Å². The van der Waals surface area contributed by atoms with Gasteiger partial charge in [0.05, 0.1) is 11.5 Å². The van der Waals surface area contributed by atoms with Crippen molar-refractivity contribution in [2.45, 2.75) is 59.3 Å². The number of hydrogen-bond acceptors (Lipinski definition) is 5. The van der Waals surface area contributed by atoms with Crippen molar-refractivity contribution in [2.24, 2.45) is 16.7 Å². The van der Waals surface area contributed by atoms with Gasteiger partial charge in [0.15, 0.2) is 5.78 Å². The Morgan fingerprint density at radius 1 is 0.900 bits per heavy atom. The van der Waals surface area contributed by atoms with Crippen LogP contribution < -0.4 is 0 Å². The summed E-state index contributed by atoms with van der Waals surface area (Å²) >= 11 is 0. The summed E-state index contributed by atoms with van der Waals surface area (Å²) in [5.41, 5.74) is -0.193. The second-order valence-corrected chi connectivity index (χ2v) is 10.1. The first-order chi connectivity index (χ1) is 13.8. The number of Topliss-reactive ketones (excluding diaryl/α,β-unsaturated/α-hetero) is 3. The molecule has 0 amide bonds. The van der Waals surface area contributed by atoms with E-state index in [4.69, 9.17) is 0 Å². The second-order valence-electron chi connectivity index (χ2n) is 10.1. The SMILES string of the molecule is CC1(C)CC(=O)C([C@@H](C2=C(O)CC(C)(C)CC2=O)c2ccc(C(=O)O)cc2)C(=O)C1. The fourth-order valence-corrected chi connectivity index (χ4v) is 4.79. The van der Waals surface area contributed by atoms with Crippen LogP contribution in [0.2, 0.25) is 0 Å². The summed E-state index contributed by atoms with van der Waals surface area (Å²) in [5, 5.41) is 20.0. The summed E-state index contributed by atoms with van der Waals surface area (Å²) in [6.45, 7) is 7.49. The van der Waals surface area contributed by atoms with Gasteiger partial charge < -0.3 is 10.2 Å². The third-order valence-corrected chi connectivity index (χ3v) is 6.06. The van der Waals surface area contributed by atoms with Gasteiger partial charge >= 0.3 is 5.97 Å². The van der Waals surface area contributed by atoms with E-state index in [2.05, 4.69) is 0 Å². The molecule has 3 rings (SSSR count). The summed E-state index contributed by atoms with van der Waals surface area (Å²) in [6, 6.07) is 5.84. The molecule has 1 aromatic rings. The van der Waals surface area contributed by atoms with Crippen molar-refractivity contribution in [1.82, 2.24) is 0 Å². The third-order valence-electron chi connectivity index (χ3n) is 6.06. The molecule has 0 unspecified atom stereocenters. The molecule has 6 heteroatoms. The number of aliphatic hydroxyl groups excluding tert-OH is 1. The summed E-state index contributed by atoms with van der Waals surface area (Å²) < 4.78 is 0. The molecule has 2 aliphatic rings. The van der Waals surface area contributed by atoms with Gasteiger partial charge in [-0.15, -0.1) is 0 Å². The van der Waals surface area contributed by atoms with E-state index >= 15 is 0 Å². The maximum Gasteiger partial charge on any atom is 0.335 e. The van der Waals surface area contributed by atoms with Gasteiger partial charge in [-0.2, -0.15) is 0 Å². The number of aliphatic hydroxyl groups is 1. The van der Waals surface area contributed by atoms with Gasteiger partial charge in [0.25, 0.3) is 0 Å². The predicted octanol–water partition coefficient (Wildman–Crippen LogP) is 4.24. The largest absolute Gasteiger partial charge is 0.512 e. The van der Waals surface area contributed by atoms with Crippen LogP contribution in [-0.2, 0) is 14.4 Å². The average molecular weight is 412 g/mol. The van der Waals surface area contributed by atoms with Gasteiger partial charge in [0.2, 0.25) is 0 Å². The maximum atomic E-state index is 13.1. The summed E-state index contributed by atoms with van der Waals surface area (Å²) in [7, 11) is 0. The van der Waals surface area contributed by atoms with Gasteiger partial charge in [-0.05, 0) is 28.5 Å². The number of carbonyl (C=O) groups is 4. The van der Waals surface area contributed by atoms with Crippen LogP contribution in [0.3, 0.4) is 0 Å². The number of hydrogen-bond donors (Lipinski definition) is 2. The van der Waals surface area contributed by atoms with Gasteiger partial charge in [-0.25, -0.2) is 4.79 Å². The van der Waals surface area contributed by atoms with Crippen LogP contribution in [0, 0.1) is 16.7 Å². The van der Waals surface area contributed by atoms with E-state index in [1.807, 2.05) is 27.7 Å². The van der Waals surface area contributed by atoms with E-state index in [-0.39, 0.29) is 59.9 Å². The van der Waals surface area contributed by atoms with E-state index in [1.165, 1.54) is 24.3 Å². The highest BCUT2D eigenvalue weighted by atomic mass is 16.4. The highest BCUT2D eigenvalue weighted by molar-refractivity contribution is 6.09. The van der Waals surface area contributed by atoms with Crippen LogP contribution in [0.4, 0.5) is 0 Å². The number of aromatic carboxylic acids is 1. The summed E-state index contributed by atoms with van der Waals surface area (Å²) in [4.78, 5) is 50.4. The van der Waals surface area contributed by atoms with E-state index in [1.54, 1.807) is 0 Å². The topological polar surface area (TPSA) is 109 Å². The predicted molar refractivity (Wildman–Crippen MR) is 110 cm³/mol. The Bertz CT molecular complexity index is 928. The lowest BCUT2D eigenvalue weighted by Crippen LogP contribution is -2.43. The zero-order chi connectivity index (χ0) is 22.4. The minimum atomic E-state index is -1.10. The van der Waals surface area contributed by atoms with Crippen molar-refractivity contribution >= 4 is 23.3 Å². The highest BCUT2D eigenvalue weighted by Gasteiger charge is 2.48. The maximum absolute atomic E-state index is 13.1. The van der Waals surface area contributed by atoms with Crippen molar-refractivity contribution in [3.8, 4) is 0 Å². The standard InChI is InChI=1S/C24H28O6/c1-23(2)9-15(25)20(16(26)10-23)19(13-5-7-14(8-6-13)22(29)30)21-17(27)11-24(3,4)12-18(21)28/h5-8,19-20,27H,9-12H2,1-4H3,(H,29,30)/t19-/m0/s1. The molecular formula is C24H28O6. The fourth-order valence-electron chi connectivity index (χ4n) is 4.79. The normalized spacial score (nSPS) is 22.9. The minimum Gasteiger partial charge on any atom is -0.512 e. The van der Waals surface area contributed by atoms with Gasteiger partial charge in [-0.3, -0.25) is 14.4 Å². The molecule has 0 aromatic heterocycles. The first kappa shape index (κ1) is 21.9. The van der Waals surface area contributed by atoms with Gasteiger partial charge in [0, 0.05) is 37.2 Å². The summed E-state index contributed by atoms with van der Waals surface area (Å²) in [5.74, 6) is -3.93. The Balaban J connectivity index is 2.15. The molecule has 1 atom stereocenters. The van der Waals surface area contributed by atoms with Crippen LogP contribution in [0.1, 0.15) is 75.2 Å². The molecular weight excluding hydrogens is 384 g/mol. The Hall–Kier alpha value is -2.76. The smallest absolute Gasteiger partial charge is 0.335 e. The number of benzene rings is 1. The third kappa shape index (κ3) is 4.23. The Labute approximate surface area is 176 Å². The molecule has 1 aromatic carbocycles. The first-order valence-corrected chi connectivity index (χ1v) is 10.2. The lowest BCUT2D eigenvalue weighted by Gasteiger charge is -2.39. The van der Waals surface area contributed by atoms with Crippen LogP contribution >= 0.6 is 0 Å². The van der Waals surface area contributed by atoms with Crippen molar-refractivity contribution in [3.05, 3.63) is 46.7 Å². The zero-order valence-corrected chi connectivity index (χ0v) is 17.8. The molecule has 2 aliphatic carbocycles. The molecule has 1 saturated carbocycles. The number of ketones is 3. The number of rotatable bonds is 4. The van der Waals surface area contributed by atoms with Crippen LogP contribution in [0.5, 0.6) is 0 Å². The fraction of sp³-hybridized carbons (Fsp3) is 0.500. The molecule has 0 saturated heterocycles. The second kappa shape index (κ2) is 7.49. The molecule has 160 valence electrons. The molecule has 0 heterocycles. The Kier molecular flexibility index (Phi) is 5.48. The monoisotopic (exact) mass is 412 g/mol. The summed E-state index contributed by atoms with van der Waals surface area (Å²) in [6.07, 6.45) is 0.900. The van der Waals surface area contributed by atoms with Crippen LogP contribution in [0.25, 0.3) is 0 Å². The first-order valence-electron chi connectivity index (χ1n) is 10.2. The number of allylic oxidation sites excluding steroid dienone is 2. The van der Waals surface area contributed by atoms with Crippen molar-refractivity contribution in [1.29, 1.82) is 0 Å². The molecule has 0 aliphatic heterocycles. The Morgan fingerprint density at radius 2 is 1.40 bits per heavy atom. The molecule has 0 radical (unpaired) electrons. The number of carboxylic acid groups (broad SMARTS) is 1. The van der Waals surface area contributed by atoms with Gasteiger partial charge in [-0.1, -0.05) is 39.8 Å². The molecule has 30 heavy (non-hydrogen) atoms. The zero-order valence-electron chi connectivity index (χ0n) is 17.8. The minimum absolute atomic E-state index is 0.0641. The number of carbonyl (C=O) groups excluding carboxylic acids is 3. The average Bonchev–Trinajstić information content (AvgIpc) is 2.57. The molecule has 2 N–H and O–H groups in total. The molecule has 6 nitrogen and oxygen atoms in total.